The Balaban J connectivity index is 3.39. The van der Waals surface area contributed by atoms with E-state index in [0.717, 1.165) is 0 Å². The van der Waals surface area contributed by atoms with Crippen LogP contribution in [0.4, 0.5) is 26.3 Å². The Labute approximate surface area is 117 Å². The van der Waals surface area contributed by atoms with Gasteiger partial charge in [0.1, 0.15) is 5.75 Å². The van der Waals surface area contributed by atoms with Gasteiger partial charge in [-0.25, -0.2) is 0 Å². The molecule has 1 aromatic rings. The highest BCUT2D eigenvalue weighted by Gasteiger charge is 2.39. The number of ether oxygens (including phenoxy) is 2. The van der Waals surface area contributed by atoms with Crippen molar-refractivity contribution in [2.75, 3.05) is 13.9 Å². The first-order chi connectivity index (χ1) is 8.57. The van der Waals surface area contributed by atoms with Crippen LogP contribution in [-0.4, -0.2) is 13.9 Å². The van der Waals surface area contributed by atoms with Crippen molar-refractivity contribution in [3.05, 3.63) is 26.8 Å². The molecular formula is C10H7F6IO2. The van der Waals surface area contributed by atoms with Gasteiger partial charge >= 0.3 is 12.4 Å². The maximum atomic E-state index is 12.7. The van der Waals surface area contributed by atoms with Gasteiger partial charge in [0.25, 0.3) is 0 Å². The van der Waals surface area contributed by atoms with Gasteiger partial charge in [-0.1, -0.05) is 0 Å². The molecule has 1 rings (SSSR count). The Bertz CT molecular complexity index is 455. The number of halogens is 7. The quantitative estimate of drug-likeness (QED) is 0.428. The van der Waals surface area contributed by atoms with E-state index >= 15 is 0 Å². The van der Waals surface area contributed by atoms with Gasteiger partial charge in [0.2, 0.25) is 0 Å². The first kappa shape index (κ1) is 16.3. The Morgan fingerprint density at radius 2 is 1.63 bits per heavy atom. The predicted molar refractivity (Wildman–Crippen MR) is 61.7 cm³/mol. The molecule has 0 saturated heterocycles. The Kier molecular flexibility index (Phi) is 4.93. The molecule has 0 aromatic heterocycles. The minimum absolute atomic E-state index is 0.0570. The third-order valence-corrected chi connectivity index (χ3v) is 3.12. The molecule has 0 spiro atoms. The topological polar surface area (TPSA) is 18.5 Å². The Morgan fingerprint density at radius 3 is 2.05 bits per heavy atom. The number of hydrogen-bond acceptors (Lipinski definition) is 2. The van der Waals surface area contributed by atoms with Gasteiger partial charge in [0, 0.05) is 7.11 Å². The molecule has 0 amide bonds. The van der Waals surface area contributed by atoms with Crippen molar-refractivity contribution in [1.82, 2.24) is 0 Å². The molecule has 0 unspecified atom stereocenters. The van der Waals surface area contributed by atoms with Gasteiger partial charge in [0.15, 0.2) is 6.79 Å². The van der Waals surface area contributed by atoms with Crippen LogP contribution < -0.4 is 4.74 Å². The summed E-state index contributed by atoms with van der Waals surface area (Å²) in [5.74, 6) is -0.524. The number of benzene rings is 1. The smallest absolute Gasteiger partial charge is 0.417 e. The van der Waals surface area contributed by atoms with Crippen LogP contribution in [0.15, 0.2) is 12.1 Å². The van der Waals surface area contributed by atoms with Crippen molar-refractivity contribution in [2.24, 2.45) is 0 Å². The Hall–Kier alpha value is -0.710. The molecule has 108 valence electrons. The van der Waals surface area contributed by atoms with E-state index in [0.29, 0.717) is 6.07 Å². The zero-order chi connectivity index (χ0) is 14.8. The van der Waals surface area contributed by atoms with E-state index in [9.17, 15) is 26.3 Å². The van der Waals surface area contributed by atoms with E-state index in [4.69, 9.17) is 4.74 Å². The Morgan fingerprint density at radius 1 is 1.05 bits per heavy atom. The van der Waals surface area contributed by atoms with Crippen LogP contribution in [0.1, 0.15) is 11.1 Å². The first-order valence-corrected chi connectivity index (χ1v) is 5.75. The van der Waals surface area contributed by atoms with E-state index in [-0.39, 0.29) is 6.07 Å². The highest BCUT2D eigenvalue weighted by atomic mass is 127. The molecule has 0 fully saturated rings. The van der Waals surface area contributed by atoms with Crippen molar-refractivity contribution in [3.8, 4) is 5.75 Å². The van der Waals surface area contributed by atoms with Crippen LogP contribution >= 0.6 is 22.6 Å². The minimum atomic E-state index is -4.90. The molecule has 19 heavy (non-hydrogen) atoms. The fourth-order valence-electron chi connectivity index (χ4n) is 1.20. The first-order valence-electron chi connectivity index (χ1n) is 4.67. The average Bonchev–Trinajstić information content (AvgIpc) is 2.24. The summed E-state index contributed by atoms with van der Waals surface area (Å²) < 4.78 is 84.3. The lowest BCUT2D eigenvalue weighted by Crippen LogP contribution is -2.14. The zero-order valence-electron chi connectivity index (χ0n) is 9.32. The van der Waals surface area contributed by atoms with Crippen molar-refractivity contribution in [3.63, 3.8) is 0 Å². The molecule has 0 aliphatic carbocycles. The summed E-state index contributed by atoms with van der Waals surface area (Å²) in [6.45, 7) is -0.450. The fraction of sp³-hybridized carbons (Fsp3) is 0.400. The molecule has 0 saturated carbocycles. The number of rotatable bonds is 3. The van der Waals surface area contributed by atoms with E-state index in [1.807, 2.05) is 0 Å². The molecule has 0 aliphatic heterocycles. The molecule has 0 N–H and O–H groups in total. The average molecular weight is 400 g/mol. The van der Waals surface area contributed by atoms with Crippen molar-refractivity contribution < 1.29 is 35.8 Å². The number of alkyl halides is 6. The fourth-order valence-corrected chi connectivity index (χ4v) is 1.97. The van der Waals surface area contributed by atoms with Crippen LogP contribution in [0.5, 0.6) is 5.75 Å². The van der Waals surface area contributed by atoms with E-state index in [2.05, 4.69) is 4.74 Å². The summed E-state index contributed by atoms with van der Waals surface area (Å²) in [5.41, 5.74) is -2.82. The lowest BCUT2D eigenvalue weighted by atomic mass is 10.1. The molecule has 0 radical (unpaired) electrons. The van der Waals surface area contributed by atoms with Crippen LogP contribution in [0.2, 0.25) is 0 Å². The van der Waals surface area contributed by atoms with Crippen molar-refractivity contribution in [2.45, 2.75) is 12.4 Å². The van der Waals surface area contributed by atoms with Gasteiger partial charge in [-0.15, -0.1) is 0 Å². The van der Waals surface area contributed by atoms with Gasteiger partial charge in [-0.05, 0) is 34.7 Å². The summed E-state index contributed by atoms with van der Waals surface area (Å²) in [6.07, 6.45) is -9.79. The second kappa shape index (κ2) is 5.73. The van der Waals surface area contributed by atoms with Gasteiger partial charge in [-0.2, -0.15) is 26.3 Å². The van der Waals surface area contributed by atoms with Crippen LogP contribution in [-0.2, 0) is 17.1 Å². The summed E-state index contributed by atoms with van der Waals surface area (Å²) in [6, 6.07) is 0.567. The van der Waals surface area contributed by atoms with Crippen molar-refractivity contribution >= 4 is 22.6 Å². The largest absolute Gasteiger partial charge is 0.466 e. The summed E-state index contributed by atoms with van der Waals surface area (Å²) in [4.78, 5) is 0. The molecule has 0 heterocycles. The molecule has 1 aromatic carbocycles. The third kappa shape index (κ3) is 4.13. The monoisotopic (exact) mass is 400 g/mol. The van der Waals surface area contributed by atoms with E-state index < -0.39 is 39.6 Å². The predicted octanol–water partition coefficient (Wildman–Crippen LogP) is 4.31. The molecule has 0 aliphatic rings. The third-order valence-electron chi connectivity index (χ3n) is 2.00. The standard InChI is InChI=1S/C10H7F6IO2/c1-18-4-19-7-3-5(9(11,12)13)2-6(8(7)17)10(14,15)16/h2-3H,4H2,1H3. The lowest BCUT2D eigenvalue weighted by Gasteiger charge is -2.17. The second-order valence-electron chi connectivity index (χ2n) is 3.38. The molecule has 2 nitrogen and oxygen atoms in total. The SMILES string of the molecule is COCOc1cc(C(F)(F)F)cc(C(F)(F)F)c1I. The molecule has 0 bridgehead atoms. The molecule has 0 atom stereocenters. The van der Waals surface area contributed by atoms with Gasteiger partial charge in [-0.3, -0.25) is 0 Å². The number of hydrogen-bond donors (Lipinski definition) is 0. The molecular weight excluding hydrogens is 393 g/mol. The summed E-state index contributed by atoms with van der Waals surface area (Å²) >= 11 is 1.28. The van der Waals surface area contributed by atoms with Gasteiger partial charge in [0.05, 0.1) is 14.7 Å². The van der Waals surface area contributed by atoms with Crippen molar-refractivity contribution in [1.29, 1.82) is 0 Å². The second-order valence-corrected chi connectivity index (χ2v) is 4.46. The highest BCUT2D eigenvalue weighted by Crippen LogP contribution is 2.41. The molecule has 9 heteroatoms. The summed E-state index contributed by atoms with van der Waals surface area (Å²) in [7, 11) is 1.20. The van der Waals surface area contributed by atoms with Crippen LogP contribution in [0.3, 0.4) is 0 Å². The highest BCUT2D eigenvalue weighted by molar-refractivity contribution is 14.1. The maximum Gasteiger partial charge on any atom is 0.417 e. The number of methoxy groups -OCH3 is 1. The summed E-state index contributed by atoms with van der Waals surface area (Å²) in [5, 5.41) is 0. The van der Waals surface area contributed by atoms with Crippen LogP contribution in [0, 0.1) is 3.57 Å². The normalized spacial score (nSPS) is 12.6. The van der Waals surface area contributed by atoms with Crippen LogP contribution in [0.25, 0.3) is 0 Å². The van der Waals surface area contributed by atoms with E-state index in [1.54, 1.807) is 0 Å². The zero-order valence-corrected chi connectivity index (χ0v) is 11.5. The van der Waals surface area contributed by atoms with E-state index in [1.165, 1.54) is 29.7 Å². The minimum Gasteiger partial charge on any atom is -0.466 e. The lowest BCUT2D eigenvalue weighted by molar-refractivity contribution is -0.143. The van der Waals surface area contributed by atoms with Gasteiger partial charge < -0.3 is 9.47 Å². The maximum absolute atomic E-state index is 12.7.